The van der Waals surface area contributed by atoms with Crippen molar-refractivity contribution in [2.75, 3.05) is 14.2 Å². The van der Waals surface area contributed by atoms with Crippen molar-refractivity contribution in [3.05, 3.63) is 74.1 Å². The van der Waals surface area contributed by atoms with E-state index in [9.17, 15) is 24.0 Å². The van der Waals surface area contributed by atoms with Crippen molar-refractivity contribution in [3.63, 3.8) is 0 Å². The summed E-state index contributed by atoms with van der Waals surface area (Å²) in [5, 5.41) is 0. The molecule has 0 N–H and O–H groups in total. The van der Waals surface area contributed by atoms with Gasteiger partial charge in [0.1, 0.15) is 0 Å². The highest BCUT2D eigenvalue weighted by atomic mass is 16.5. The summed E-state index contributed by atoms with van der Waals surface area (Å²) in [5.74, 6) is -2.92. The largest absolute Gasteiger partial charge is 0.469 e. The predicted molar refractivity (Wildman–Crippen MR) is 137 cm³/mol. The summed E-state index contributed by atoms with van der Waals surface area (Å²) >= 11 is 0. The third-order valence-electron chi connectivity index (χ3n) is 8.73. The lowest BCUT2D eigenvalue weighted by Gasteiger charge is -2.38. The molecule has 10 heteroatoms. The Morgan fingerprint density at radius 3 is 2.18 bits per heavy atom. The number of aromatic nitrogens is 3. The molecule has 0 radical (unpaired) electrons. The minimum absolute atomic E-state index is 0.0167. The maximum Gasteiger partial charge on any atom is 0.352 e. The van der Waals surface area contributed by atoms with Crippen molar-refractivity contribution in [1.82, 2.24) is 13.9 Å². The molecule has 1 aliphatic heterocycles. The summed E-state index contributed by atoms with van der Waals surface area (Å²) in [7, 11) is 2.52. The molecule has 2 aromatic rings. The van der Waals surface area contributed by atoms with E-state index in [4.69, 9.17) is 9.47 Å². The standard InChI is InChI=1S/C28H31N3O7/c1-6-28(7-2)22-18(25(34)38-5)13-16(24(33)37-4)14-19-21(22)20(23(28)32)15(3)30-26(35)29(27(36)31(19)30)17-11-9-8-10-12-17/h8-13,15,18-19,22H,6-7,14H2,1-5H3/t15-,18+,19+,22+/m0/s1. The highest BCUT2D eigenvalue weighted by Crippen LogP contribution is 2.60. The van der Waals surface area contributed by atoms with Crippen LogP contribution in [0.15, 0.2) is 62.7 Å². The number of ether oxygens (including phenoxy) is 2. The van der Waals surface area contributed by atoms with Gasteiger partial charge in [-0.25, -0.2) is 28.3 Å². The average Bonchev–Trinajstić information content (AvgIpc) is 3.26. The Balaban J connectivity index is 1.86. The first-order chi connectivity index (χ1) is 18.2. The lowest BCUT2D eigenvalue weighted by atomic mass is 9.65. The number of allylic oxidation sites excluding steroid dienone is 2. The van der Waals surface area contributed by atoms with Crippen LogP contribution in [0.1, 0.15) is 52.1 Å². The van der Waals surface area contributed by atoms with Crippen molar-refractivity contribution in [2.45, 2.75) is 52.1 Å². The van der Waals surface area contributed by atoms with Gasteiger partial charge >= 0.3 is 23.3 Å². The van der Waals surface area contributed by atoms with E-state index in [-0.39, 0.29) is 17.8 Å². The van der Waals surface area contributed by atoms with E-state index in [0.29, 0.717) is 29.7 Å². The van der Waals surface area contributed by atoms with E-state index in [1.807, 2.05) is 13.8 Å². The SMILES string of the molecule is CCC1(CC)C(=O)C2=C3[C@@H](CC(C(=O)OC)=C[C@@H](C(=O)OC)[C@H]31)n1c(=O)n(-c3ccccc3)c(=O)n1[C@H]2C. The molecule has 0 saturated carbocycles. The number of carbonyl (C=O) groups excluding carboxylic acids is 3. The smallest absolute Gasteiger partial charge is 0.352 e. The fourth-order valence-corrected chi connectivity index (χ4v) is 6.94. The molecule has 0 unspecified atom stereocenters. The van der Waals surface area contributed by atoms with Crippen molar-refractivity contribution < 1.29 is 23.9 Å². The number of rotatable bonds is 5. The number of ketones is 1. The summed E-state index contributed by atoms with van der Waals surface area (Å²) in [6.07, 6.45) is 2.40. The van der Waals surface area contributed by atoms with E-state index in [1.54, 1.807) is 37.3 Å². The quantitative estimate of drug-likeness (QED) is 0.555. The third-order valence-corrected chi connectivity index (χ3v) is 8.73. The predicted octanol–water partition coefficient (Wildman–Crippen LogP) is 2.51. The van der Waals surface area contributed by atoms with Crippen molar-refractivity contribution in [2.24, 2.45) is 17.3 Å². The molecule has 0 fully saturated rings. The Kier molecular flexibility index (Phi) is 6.16. The second-order valence-corrected chi connectivity index (χ2v) is 10.1. The van der Waals surface area contributed by atoms with Gasteiger partial charge < -0.3 is 9.47 Å². The first-order valence-corrected chi connectivity index (χ1v) is 12.8. The number of nitrogens with zero attached hydrogens (tertiary/aromatic N) is 3. The van der Waals surface area contributed by atoms with Gasteiger partial charge in [-0.3, -0.25) is 9.59 Å². The lowest BCUT2D eigenvalue weighted by molar-refractivity contribution is -0.147. The molecule has 2 aliphatic carbocycles. The normalized spacial score (nSPS) is 25.3. The van der Waals surface area contributed by atoms with Crippen molar-refractivity contribution in [1.29, 1.82) is 0 Å². The van der Waals surface area contributed by atoms with Gasteiger partial charge in [0.2, 0.25) is 0 Å². The summed E-state index contributed by atoms with van der Waals surface area (Å²) in [6.45, 7) is 5.53. The summed E-state index contributed by atoms with van der Waals surface area (Å²) in [4.78, 5) is 68.1. The molecule has 1 aromatic heterocycles. The summed E-state index contributed by atoms with van der Waals surface area (Å²) < 4.78 is 13.9. The van der Waals surface area contributed by atoms with Gasteiger partial charge in [-0.05, 0) is 37.5 Å². The van der Waals surface area contributed by atoms with Gasteiger partial charge in [-0.2, -0.15) is 0 Å². The average molecular weight is 522 g/mol. The Morgan fingerprint density at radius 2 is 1.61 bits per heavy atom. The van der Waals surface area contributed by atoms with E-state index >= 15 is 0 Å². The van der Waals surface area contributed by atoms with Crippen molar-refractivity contribution in [3.8, 4) is 5.69 Å². The highest BCUT2D eigenvalue weighted by molar-refractivity contribution is 6.06. The van der Waals surface area contributed by atoms with Crippen LogP contribution >= 0.6 is 0 Å². The van der Waals surface area contributed by atoms with Crippen LogP contribution in [0.25, 0.3) is 5.69 Å². The third kappa shape index (κ3) is 3.21. The van der Waals surface area contributed by atoms with E-state index in [2.05, 4.69) is 0 Å². The number of fused-ring (bicyclic) bond motifs is 2. The molecule has 5 rings (SSSR count). The number of hydrogen-bond acceptors (Lipinski definition) is 7. The monoisotopic (exact) mass is 521 g/mol. The zero-order valence-corrected chi connectivity index (χ0v) is 22.1. The van der Waals surface area contributed by atoms with E-state index < -0.39 is 52.7 Å². The van der Waals surface area contributed by atoms with Crippen LogP contribution in [0.5, 0.6) is 0 Å². The van der Waals surface area contributed by atoms with Gasteiger partial charge in [0.05, 0.1) is 37.9 Å². The van der Waals surface area contributed by atoms with Crippen LogP contribution in [0.4, 0.5) is 0 Å². The highest BCUT2D eigenvalue weighted by Gasteiger charge is 2.61. The summed E-state index contributed by atoms with van der Waals surface area (Å²) in [5.41, 5.74) is -0.462. The maximum atomic E-state index is 14.3. The first kappa shape index (κ1) is 25.7. The molecular weight excluding hydrogens is 490 g/mol. The number of hydrogen-bond donors (Lipinski definition) is 0. The Labute approximate surface area is 219 Å². The second kappa shape index (κ2) is 9.11. The zero-order chi connectivity index (χ0) is 27.5. The number of methoxy groups -OCH3 is 2. The van der Waals surface area contributed by atoms with Crippen molar-refractivity contribution >= 4 is 17.7 Å². The van der Waals surface area contributed by atoms with Gasteiger partial charge in [-0.15, -0.1) is 0 Å². The Hall–Kier alpha value is -3.95. The maximum absolute atomic E-state index is 14.3. The Bertz CT molecular complexity index is 1520. The fraction of sp³-hybridized carbons (Fsp3) is 0.464. The number of Topliss-reactive ketones (excluding diaryl/α,β-unsaturated/α-hetero) is 1. The number of carbonyl (C=O) groups is 3. The molecule has 0 saturated heterocycles. The molecule has 38 heavy (non-hydrogen) atoms. The van der Waals surface area contributed by atoms with Crippen LogP contribution in [-0.2, 0) is 23.9 Å². The number of benzene rings is 1. The molecular formula is C28H31N3O7. The minimum atomic E-state index is -0.954. The van der Waals surface area contributed by atoms with Crippen LogP contribution in [0, 0.1) is 17.3 Å². The topological polar surface area (TPSA) is 119 Å². The summed E-state index contributed by atoms with van der Waals surface area (Å²) in [6, 6.07) is 6.98. The van der Waals surface area contributed by atoms with Gasteiger partial charge in [-0.1, -0.05) is 38.1 Å². The molecule has 0 spiro atoms. The van der Waals surface area contributed by atoms with Gasteiger partial charge in [0, 0.05) is 28.9 Å². The van der Waals surface area contributed by atoms with Crippen LogP contribution in [-0.4, -0.2) is 45.9 Å². The molecule has 4 atom stereocenters. The lowest BCUT2D eigenvalue weighted by Crippen LogP contribution is -2.41. The molecule has 0 bridgehead atoms. The number of para-hydroxylation sites is 1. The van der Waals surface area contributed by atoms with Crippen LogP contribution in [0.3, 0.4) is 0 Å². The zero-order valence-electron chi connectivity index (χ0n) is 22.1. The van der Waals surface area contributed by atoms with Crippen LogP contribution < -0.4 is 11.4 Å². The first-order valence-electron chi connectivity index (χ1n) is 12.8. The molecule has 200 valence electrons. The minimum Gasteiger partial charge on any atom is -0.469 e. The van der Waals surface area contributed by atoms with Gasteiger partial charge in [0.25, 0.3) is 0 Å². The molecule has 1 aromatic carbocycles. The second-order valence-electron chi connectivity index (χ2n) is 10.1. The molecule has 3 aliphatic rings. The van der Waals surface area contributed by atoms with E-state index in [1.165, 1.54) is 29.7 Å². The van der Waals surface area contributed by atoms with Gasteiger partial charge in [0.15, 0.2) is 5.78 Å². The fourth-order valence-electron chi connectivity index (χ4n) is 6.94. The molecule has 10 nitrogen and oxygen atoms in total. The number of esters is 2. The molecule has 0 amide bonds. The molecule has 2 heterocycles. The Morgan fingerprint density at radius 1 is 0.974 bits per heavy atom. The van der Waals surface area contributed by atoms with Crippen LogP contribution in [0.2, 0.25) is 0 Å². The van der Waals surface area contributed by atoms with E-state index in [0.717, 1.165) is 4.57 Å².